The Morgan fingerprint density at radius 2 is 1.62 bits per heavy atom. The maximum atomic E-state index is 12.6. The van der Waals surface area contributed by atoms with Crippen LogP contribution in [0.25, 0.3) is 0 Å². The molecular weight excluding hydrogens is 322 g/mol. The molecule has 1 amide bonds. The van der Waals surface area contributed by atoms with Crippen molar-refractivity contribution in [2.24, 2.45) is 0 Å². The highest BCUT2D eigenvalue weighted by Gasteiger charge is 2.14. The molecule has 0 fully saturated rings. The third kappa shape index (κ3) is 4.73. The van der Waals surface area contributed by atoms with E-state index < -0.39 is 0 Å². The zero-order valence-corrected chi connectivity index (χ0v) is 14.9. The number of carbonyl (C=O) groups excluding carboxylic acids is 1. The zero-order chi connectivity index (χ0) is 18.2. The second-order valence-electron chi connectivity index (χ2n) is 6.15. The van der Waals surface area contributed by atoms with Gasteiger partial charge >= 0.3 is 0 Å². The van der Waals surface area contributed by atoms with Gasteiger partial charge in [0.1, 0.15) is 12.4 Å². The van der Waals surface area contributed by atoms with Gasteiger partial charge in [-0.2, -0.15) is 0 Å². The smallest absolute Gasteiger partial charge is 0.251 e. The van der Waals surface area contributed by atoms with Gasteiger partial charge in [0.2, 0.25) is 0 Å². The van der Waals surface area contributed by atoms with Crippen LogP contribution in [-0.2, 0) is 6.61 Å². The Morgan fingerprint density at radius 3 is 2.31 bits per heavy atom. The van der Waals surface area contributed by atoms with Crippen molar-refractivity contribution in [2.75, 3.05) is 0 Å². The van der Waals surface area contributed by atoms with Crippen LogP contribution in [0.2, 0.25) is 0 Å². The van der Waals surface area contributed by atoms with Gasteiger partial charge in [-0.05, 0) is 35.7 Å². The normalized spacial score (nSPS) is 11.6. The monoisotopic (exact) mass is 345 g/mol. The average molecular weight is 345 g/mol. The number of ether oxygens (including phenoxy) is 1. The summed E-state index contributed by atoms with van der Waals surface area (Å²) in [5.41, 5.74) is 2.81. The van der Waals surface area contributed by atoms with Gasteiger partial charge in [-0.15, -0.1) is 0 Å². The molecule has 0 heterocycles. The molecule has 132 valence electrons. The van der Waals surface area contributed by atoms with Gasteiger partial charge in [0, 0.05) is 5.56 Å². The van der Waals surface area contributed by atoms with E-state index in [2.05, 4.69) is 12.2 Å². The first kappa shape index (κ1) is 17.7. The lowest BCUT2D eigenvalue weighted by molar-refractivity contribution is 0.0935. The summed E-state index contributed by atoms with van der Waals surface area (Å²) < 4.78 is 5.82. The molecule has 3 nitrogen and oxygen atoms in total. The zero-order valence-electron chi connectivity index (χ0n) is 14.9. The van der Waals surface area contributed by atoms with Crippen LogP contribution in [0.4, 0.5) is 0 Å². The summed E-state index contributed by atoms with van der Waals surface area (Å²) in [5, 5.41) is 3.11. The molecule has 0 aliphatic carbocycles. The molecule has 3 rings (SSSR count). The molecule has 3 heteroatoms. The first-order valence-corrected chi connectivity index (χ1v) is 8.89. The van der Waals surface area contributed by atoms with Crippen LogP contribution in [0.1, 0.15) is 40.9 Å². The summed E-state index contributed by atoms with van der Waals surface area (Å²) in [4.78, 5) is 12.6. The number of nitrogens with one attached hydrogen (secondary N) is 1. The minimum atomic E-state index is -0.0918. The van der Waals surface area contributed by atoms with E-state index in [0.29, 0.717) is 17.9 Å². The fourth-order valence-electron chi connectivity index (χ4n) is 2.82. The van der Waals surface area contributed by atoms with E-state index in [0.717, 1.165) is 17.5 Å². The number of benzene rings is 3. The highest BCUT2D eigenvalue weighted by Crippen LogP contribution is 2.19. The van der Waals surface area contributed by atoms with Crippen LogP contribution in [0.5, 0.6) is 5.75 Å². The number of amides is 1. The van der Waals surface area contributed by atoms with Crippen molar-refractivity contribution < 1.29 is 9.53 Å². The summed E-state index contributed by atoms with van der Waals surface area (Å²) in [6.07, 6.45) is 0.833. The third-order valence-corrected chi connectivity index (χ3v) is 4.26. The lowest BCUT2D eigenvalue weighted by Crippen LogP contribution is -2.28. The molecule has 0 aliphatic heterocycles. The van der Waals surface area contributed by atoms with Gasteiger partial charge in [-0.3, -0.25) is 4.79 Å². The Balaban J connectivity index is 1.66. The molecule has 0 saturated carbocycles. The standard InChI is InChI=1S/C23H23NO2/c1-2-22(19-12-7-4-8-13-19)24-23(25)20-14-9-15-21(16-20)26-17-18-10-5-3-6-11-18/h3-16,22H,2,17H2,1H3,(H,24,25)/t22-/m0/s1. The van der Waals surface area contributed by atoms with E-state index in [1.807, 2.05) is 78.9 Å². The van der Waals surface area contributed by atoms with Crippen LogP contribution >= 0.6 is 0 Å². The Hall–Kier alpha value is -3.07. The quantitative estimate of drug-likeness (QED) is 0.643. The fourth-order valence-corrected chi connectivity index (χ4v) is 2.82. The highest BCUT2D eigenvalue weighted by atomic mass is 16.5. The molecule has 3 aromatic carbocycles. The SMILES string of the molecule is CC[C@H](NC(=O)c1cccc(OCc2ccccc2)c1)c1ccccc1. The Morgan fingerprint density at radius 1 is 0.923 bits per heavy atom. The first-order chi connectivity index (χ1) is 12.8. The second-order valence-corrected chi connectivity index (χ2v) is 6.15. The largest absolute Gasteiger partial charge is 0.489 e. The molecule has 3 aromatic rings. The Kier molecular flexibility index (Phi) is 6.05. The first-order valence-electron chi connectivity index (χ1n) is 8.89. The number of hydrogen-bond acceptors (Lipinski definition) is 2. The van der Waals surface area contributed by atoms with Crippen LogP contribution in [0.15, 0.2) is 84.9 Å². The number of rotatable bonds is 7. The van der Waals surface area contributed by atoms with E-state index >= 15 is 0 Å². The number of carbonyl (C=O) groups is 1. The van der Waals surface area contributed by atoms with E-state index in [-0.39, 0.29) is 11.9 Å². The summed E-state index contributed by atoms with van der Waals surface area (Å²) >= 11 is 0. The van der Waals surface area contributed by atoms with Gasteiger partial charge in [0.05, 0.1) is 6.04 Å². The fraction of sp³-hybridized carbons (Fsp3) is 0.174. The molecule has 0 unspecified atom stereocenters. The molecule has 0 saturated heterocycles. The lowest BCUT2D eigenvalue weighted by Gasteiger charge is -2.17. The van der Waals surface area contributed by atoms with Crippen LogP contribution < -0.4 is 10.1 Å². The van der Waals surface area contributed by atoms with Crippen molar-refractivity contribution in [1.29, 1.82) is 0 Å². The van der Waals surface area contributed by atoms with Gasteiger partial charge in [-0.25, -0.2) is 0 Å². The second kappa shape index (κ2) is 8.86. The van der Waals surface area contributed by atoms with Crippen molar-refractivity contribution in [1.82, 2.24) is 5.32 Å². The molecule has 0 spiro atoms. The van der Waals surface area contributed by atoms with E-state index in [1.54, 1.807) is 6.07 Å². The average Bonchev–Trinajstić information content (AvgIpc) is 2.72. The van der Waals surface area contributed by atoms with Crippen molar-refractivity contribution in [3.8, 4) is 5.75 Å². The van der Waals surface area contributed by atoms with E-state index in [9.17, 15) is 4.79 Å². The highest BCUT2D eigenvalue weighted by molar-refractivity contribution is 5.94. The van der Waals surface area contributed by atoms with Gasteiger partial charge in [0.25, 0.3) is 5.91 Å². The van der Waals surface area contributed by atoms with Crippen molar-refractivity contribution >= 4 is 5.91 Å². The Bertz CT molecular complexity index is 831. The maximum Gasteiger partial charge on any atom is 0.251 e. The molecule has 1 N–H and O–H groups in total. The molecule has 0 bridgehead atoms. The van der Waals surface area contributed by atoms with Crippen LogP contribution in [0, 0.1) is 0 Å². The lowest BCUT2D eigenvalue weighted by atomic mass is 10.0. The minimum Gasteiger partial charge on any atom is -0.489 e. The Labute approximate surface area is 154 Å². The minimum absolute atomic E-state index is 0.00223. The van der Waals surface area contributed by atoms with Gasteiger partial charge < -0.3 is 10.1 Å². The van der Waals surface area contributed by atoms with Crippen molar-refractivity contribution in [3.05, 3.63) is 102 Å². The summed E-state index contributed by atoms with van der Waals surface area (Å²) in [7, 11) is 0. The molecule has 1 atom stereocenters. The molecule has 26 heavy (non-hydrogen) atoms. The molecule has 0 aliphatic rings. The van der Waals surface area contributed by atoms with Crippen LogP contribution in [-0.4, -0.2) is 5.91 Å². The third-order valence-electron chi connectivity index (χ3n) is 4.26. The predicted octanol–water partition coefficient (Wildman–Crippen LogP) is 5.15. The maximum absolute atomic E-state index is 12.6. The summed E-state index contributed by atoms with van der Waals surface area (Å²) in [5.74, 6) is 0.597. The predicted molar refractivity (Wildman–Crippen MR) is 104 cm³/mol. The summed E-state index contributed by atoms with van der Waals surface area (Å²) in [6.45, 7) is 2.55. The topological polar surface area (TPSA) is 38.3 Å². The van der Waals surface area contributed by atoms with Crippen molar-refractivity contribution in [3.63, 3.8) is 0 Å². The van der Waals surface area contributed by atoms with Gasteiger partial charge in [0.15, 0.2) is 0 Å². The number of hydrogen-bond donors (Lipinski definition) is 1. The summed E-state index contributed by atoms with van der Waals surface area (Å²) in [6, 6.07) is 27.3. The van der Waals surface area contributed by atoms with Crippen LogP contribution in [0.3, 0.4) is 0 Å². The molecular formula is C23H23NO2. The van der Waals surface area contributed by atoms with Crippen molar-refractivity contribution in [2.45, 2.75) is 26.0 Å². The van der Waals surface area contributed by atoms with E-state index in [4.69, 9.17) is 4.74 Å². The van der Waals surface area contributed by atoms with Gasteiger partial charge in [-0.1, -0.05) is 73.7 Å². The van der Waals surface area contributed by atoms with E-state index in [1.165, 1.54) is 0 Å². The molecule has 0 radical (unpaired) electrons. The molecule has 0 aromatic heterocycles.